The van der Waals surface area contributed by atoms with E-state index in [2.05, 4.69) is 20.4 Å². The molecule has 1 aromatic rings. The molecule has 5 nitrogen and oxygen atoms in total. The van der Waals surface area contributed by atoms with Crippen LogP contribution in [0.15, 0.2) is 36.9 Å². The Hall–Kier alpha value is -2.30. The number of hydrogen-bond acceptors (Lipinski definition) is 3. The quantitative estimate of drug-likeness (QED) is 0.762. The first-order valence-electron chi connectivity index (χ1n) is 9.41. The smallest absolute Gasteiger partial charge is 0.254 e. The number of likely N-dealkylation sites (tertiary alicyclic amines) is 2. The average molecular weight is 356 g/mol. The summed E-state index contributed by atoms with van der Waals surface area (Å²) in [4.78, 5) is 29.8. The maximum absolute atomic E-state index is 13.0. The molecule has 2 heterocycles. The molecule has 2 aliphatic heterocycles. The van der Waals surface area contributed by atoms with Gasteiger partial charge in [-0.1, -0.05) is 18.7 Å². The van der Waals surface area contributed by atoms with Crippen molar-refractivity contribution >= 4 is 11.8 Å². The molecule has 2 aliphatic rings. The van der Waals surface area contributed by atoms with Crippen LogP contribution in [0.25, 0.3) is 0 Å². The van der Waals surface area contributed by atoms with Gasteiger partial charge < -0.3 is 14.5 Å². The maximum Gasteiger partial charge on any atom is 0.254 e. The van der Waals surface area contributed by atoms with E-state index in [4.69, 9.17) is 4.74 Å². The van der Waals surface area contributed by atoms with Crippen LogP contribution in [0.5, 0.6) is 5.75 Å². The second kappa shape index (κ2) is 7.52. The van der Waals surface area contributed by atoms with Crippen molar-refractivity contribution in [3.05, 3.63) is 42.5 Å². The van der Waals surface area contributed by atoms with Gasteiger partial charge >= 0.3 is 0 Å². The highest BCUT2D eigenvalue weighted by atomic mass is 16.5. The van der Waals surface area contributed by atoms with E-state index >= 15 is 0 Å². The minimum Gasteiger partial charge on any atom is -0.490 e. The Balaban J connectivity index is 1.73. The Kier molecular flexibility index (Phi) is 5.35. The van der Waals surface area contributed by atoms with Gasteiger partial charge in [-0.25, -0.2) is 0 Å². The number of carbonyl (C=O) groups excluding carboxylic acids is 2. The fraction of sp³-hybridized carbons (Fsp3) is 0.524. The Morgan fingerprint density at radius 3 is 2.88 bits per heavy atom. The number of rotatable bonds is 5. The van der Waals surface area contributed by atoms with Gasteiger partial charge in [-0.3, -0.25) is 9.59 Å². The molecule has 140 valence electrons. The van der Waals surface area contributed by atoms with Crippen molar-refractivity contribution in [2.24, 2.45) is 5.41 Å². The normalized spacial score (nSPS) is 23.0. The van der Waals surface area contributed by atoms with Crippen molar-refractivity contribution in [3.8, 4) is 5.75 Å². The van der Waals surface area contributed by atoms with Gasteiger partial charge in [0.05, 0.1) is 5.41 Å². The van der Waals surface area contributed by atoms with Crippen molar-refractivity contribution in [3.63, 3.8) is 0 Å². The molecule has 26 heavy (non-hydrogen) atoms. The van der Waals surface area contributed by atoms with Crippen LogP contribution in [-0.4, -0.2) is 53.9 Å². The van der Waals surface area contributed by atoms with Crippen LogP contribution < -0.4 is 4.74 Å². The summed E-state index contributed by atoms with van der Waals surface area (Å²) in [6.07, 6.45) is 4.32. The highest BCUT2D eigenvalue weighted by Crippen LogP contribution is 2.41. The molecular formula is C21H28N2O3. The summed E-state index contributed by atoms with van der Waals surface area (Å²) in [6.45, 7) is 10.1. The molecule has 1 spiro atoms. The third-order valence-electron chi connectivity index (χ3n) is 5.48. The highest BCUT2D eigenvalue weighted by Gasteiger charge is 2.49. The van der Waals surface area contributed by atoms with Crippen molar-refractivity contribution in [2.45, 2.75) is 39.2 Å². The fourth-order valence-electron chi connectivity index (χ4n) is 4.07. The maximum atomic E-state index is 13.0. The Morgan fingerprint density at radius 1 is 1.35 bits per heavy atom. The summed E-state index contributed by atoms with van der Waals surface area (Å²) in [7, 11) is 0. The van der Waals surface area contributed by atoms with Crippen LogP contribution in [0.4, 0.5) is 0 Å². The summed E-state index contributed by atoms with van der Waals surface area (Å²) < 4.78 is 5.53. The molecule has 1 atom stereocenters. The first-order chi connectivity index (χ1) is 12.5. The zero-order valence-corrected chi connectivity index (χ0v) is 15.7. The monoisotopic (exact) mass is 356 g/mol. The third kappa shape index (κ3) is 3.48. The predicted molar refractivity (Wildman–Crippen MR) is 101 cm³/mol. The summed E-state index contributed by atoms with van der Waals surface area (Å²) in [6, 6.07) is 7.43. The zero-order chi connectivity index (χ0) is 18.7. The van der Waals surface area contributed by atoms with E-state index in [1.54, 1.807) is 18.2 Å². The number of carbonyl (C=O) groups is 2. The number of ether oxygens (including phenoxy) is 1. The van der Waals surface area contributed by atoms with Crippen LogP contribution in [0, 0.1) is 5.41 Å². The molecule has 5 heteroatoms. The van der Waals surface area contributed by atoms with Gasteiger partial charge in [-0.2, -0.15) is 0 Å². The Morgan fingerprint density at radius 2 is 2.15 bits per heavy atom. The van der Waals surface area contributed by atoms with E-state index in [0.717, 1.165) is 25.8 Å². The molecule has 2 amide bonds. The molecule has 0 radical (unpaired) electrons. The third-order valence-corrected chi connectivity index (χ3v) is 5.48. The fourth-order valence-corrected chi connectivity index (χ4v) is 4.07. The van der Waals surface area contributed by atoms with Gasteiger partial charge in [0.1, 0.15) is 12.4 Å². The van der Waals surface area contributed by atoms with E-state index in [-0.39, 0.29) is 17.9 Å². The number of piperidine rings is 1. The van der Waals surface area contributed by atoms with Crippen LogP contribution in [0.3, 0.4) is 0 Å². The highest BCUT2D eigenvalue weighted by molar-refractivity contribution is 5.96. The molecule has 2 fully saturated rings. The number of hydrogen-bond donors (Lipinski definition) is 0. The predicted octanol–water partition coefficient (Wildman–Crippen LogP) is 3.11. The minimum absolute atomic E-state index is 0.0274. The standard InChI is InChI=1S/C21H28N2O3/c1-4-13-26-18-8-5-7-17(14-18)19(24)22-12-10-21(15-22)9-6-11-23(16(2)3)20(21)25/h4-5,7-8,14,16H,1,6,9-13,15H2,2-3H3/t21-/m1/s1. The van der Waals surface area contributed by atoms with Crippen molar-refractivity contribution in [1.82, 2.24) is 9.80 Å². The molecule has 2 saturated heterocycles. The second-order valence-electron chi connectivity index (χ2n) is 7.58. The second-order valence-corrected chi connectivity index (χ2v) is 7.58. The average Bonchev–Trinajstić information content (AvgIpc) is 3.07. The molecule has 0 aliphatic carbocycles. The number of amides is 2. The van der Waals surface area contributed by atoms with Crippen molar-refractivity contribution in [1.29, 1.82) is 0 Å². The van der Waals surface area contributed by atoms with E-state index in [9.17, 15) is 9.59 Å². The Labute approximate surface area is 155 Å². The van der Waals surface area contributed by atoms with E-state index in [0.29, 0.717) is 31.0 Å². The first-order valence-corrected chi connectivity index (χ1v) is 9.41. The first kappa shape index (κ1) is 18.5. The summed E-state index contributed by atoms with van der Waals surface area (Å²) in [5, 5.41) is 0. The molecule has 1 aromatic carbocycles. The topological polar surface area (TPSA) is 49.9 Å². The van der Waals surface area contributed by atoms with Crippen LogP contribution in [-0.2, 0) is 4.79 Å². The van der Waals surface area contributed by atoms with Gasteiger partial charge in [0.2, 0.25) is 5.91 Å². The summed E-state index contributed by atoms with van der Waals surface area (Å²) in [5.41, 5.74) is 0.211. The number of benzene rings is 1. The largest absolute Gasteiger partial charge is 0.490 e. The lowest BCUT2D eigenvalue weighted by molar-refractivity contribution is -0.147. The van der Waals surface area contributed by atoms with E-state index in [1.165, 1.54) is 0 Å². The molecule has 0 aromatic heterocycles. The van der Waals surface area contributed by atoms with Crippen molar-refractivity contribution < 1.29 is 14.3 Å². The Bertz CT molecular complexity index is 700. The van der Waals surface area contributed by atoms with Crippen LogP contribution >= 0.6 is 0 Å². The zero-order valence-electron chi connectivity index (χ0n) is 15.7. The summed E-state index contributed by atoms with van der Waals surface area (Å²) in [5.74, 6) is 0.849. The molecule has 3 rings (SSSR count). The van der Waals surface area contributed by atoms with E-state index < -0.39 is 5.41 Å². The van der Waals surface area contributed by atoms with Crippen LogP contribution in [0.1, 0.15) is 43.5 Å². The molecule has 0 saturated carbocycles. The number of nitrogens with zero attached hydrogens (tertiary/aromatic N) is 2. The SMILES string of the molecule is C=CCOc1cccc(C(=O)N2CC[C@]3(CCCN(C(C)C)C3=O)C2)c1. The van der Waals surface area contributed by atoms with Crippen LogP contribution in [0.2, 0.25) is 0 Å². The van der Waals surface area contributed by atoms with Gasteiger partial charge in [0, 0.05) is 31.2 Å². The van der Waals surface area contributed by atoms with Crippen molar-refractivity contribution in [2.75, 3.05) is 26.2 Å². The lowest BCUT2D eigenvalue weighted by atomic mass is 9.78. The molecular weight excluding hydrogens is 328 g/mol. The van der Waals surface area contributed by atoms with E-state index in [1.807, 2.05) is 21.9 Å². The summed E-state index contributed by atoms with van der Waals surface area (Å²) >= 11 is 0. The van der Waals surface area contributed by atoms with Gasteiger partial charge in [0.15, 0.2) is 0 Å². The molecule has 0 unspecified atom stereocenters. The lowest BCUT2D eigenvalue weighted by Gasteiger charge is -2.41. The van der Waals surface area contributed by atoms with Gasteiger partial charge in [-0.15, -0.1) is 0 Å². The van der Waals surface area contributed by atoms with Gasteiger partial charge in [-0.05, 0) is 51.3 Å². The minimum atomic E-state index is -0.394. The molecule has 0 N–H and O–H groups in total. The molecule has 0 bridgehead atoms. The lowest BCUT2D eigenvalue weighted by Crippen LogP contribution is -2.52. The van der Waals surface area contributed by atoms with Gasteiger partial charge in [0.25, 0.3) is 5.91 Å².